The van der Waals surface area contributed by atoms with Crippen LogP contribution >= 0.6 is 0 Å². The van der Waals surface area contributed by atoms with E-state index in [4.69, 9.17) is 9.52 Å². The Bertz CT molecular complexity index is 734. The molecule has 0 bridgehead atoms. The molecule has 0 aliphatic carbocycles. The van der Waals surface area contributed by atoms with Crippen molar-refractivity contribution in [1.82, 2.24) is 0 Å². The summed E-state index contributed by atoms with van der Waals surface area (Å²) in [4.78, 5) is 32.7. The number of anilines is 1. The van der Waals surface area contributed by atoms with Gasteiger partial charge in [0.15, 0.2) is 5.76 Å². The first-order valence-electron chi connectivity index (χ1n) is 5.78. The number of amides is 1. The first-order chi connectivity index (χ1) is 9.88. The highest BCUT2D eigenvalue weighted by atomic mass is 16.6. The van der Waals surface area contributed by atoms with Gasteiger partial charge in [-0.1, -0.05) is 0 Å². The molecule has 2 rings (SSSR count). The molecule has 8 nitrogen and oxygen atoms in total. The highest BCUT2D eigenvalue weighted by Crippen LogP contribution is 2.22. The standard InChI is InChI=1S/C13H10N2O6/c1-7-6-8(2-3-9(7)15(19)20)14-12(16)10-4-5-11(21-10)13(17)18/h2-6H,1H3,(H,14,16)(H,17,18). The van der Waals surface area contributed by atoms with Crippen molar-refractivity contribution in [2.75, 3.05) is 5.32 Å². The third-order valence-electron chi connectivity index (χ3n) is 2.69. The fourth-order valence-electron chi connectivity index (χ4n) is 1.71. The molecule has 2 aromatic rings. The smallest absolute Gasteiger partial charge is 0.371 e. The van der Waals surface area contributed by atoms with Crippen LogP contribution in [0.1, 0.15) is 26.7 Å². The van der Waals surface area contributed by atoms with Gasteiger partial charge < -0.3 is 14.8 Å². The first kappa shape index (κ1) is 14.3. The van der Waals surface area contributed by atoms with Crippen LogP contribution in [0.2, 0.25) is 0 Å². The van der Waals surface area contributed by atoms with Gasteiger partial charge in [0.1, 0.15) is 0 Å². The average Bonchev–Trinajstić information content (AvgIpc) is 2.88. The van der Waals surface area contributed by atoms with Crippen LogP contribution in [0.25, 0.3) is 0 Å². The molecule has 8 heteroatoms. The van der Waals surface area contributed by atoms with E-state index >= 15 is 0 Å². The number of carboxylic acids is 1. The van der Waals surface area contributed by atoms with Gasteiger partial charge in [0.2, 0.25) is 5.76 Å². The van der Waals surface area contributed by atoms with Crippen molar-refractivity contribution in [1.29, 1.82) is 0 Å². The maximum atomic E-state index is 11.8. The van der Waals surface area contributed by atoms with Crippen molar-refractivity contribution in [2.45, 2.75) is 6.92 Å². The van der Waals surface area contributed by atoms with Gasteiger partial charge in [-0.2, -0.15) is 0 Å². The predicted octanol–water partition coefficient (Wildman–Crippen LogP) is 2.45. The molecule has 1 amide bonds. The number of nitro groups is 1. The molecule has 0 saturated heterocycles. The zero-order valence-corrected chi connectivity index (χ0v) is 10.8. The SMILES string of the molecule is Cc1cc(NC(=O)c2ccc(C(=O)O)o2)ccc1[N+](=O)[O-]. The number of aromatic carboxylic acids is 1. The zero-order chi connectivity index (χ0) is 15.6. The number of nitrogens with zero attached hydrogens (tertiary/aromatic N) is 1. The summed E-state index contributed by atoms with van der Waals surface area (Å²) in [6.45, 7) is 1.54. The van der Waals surface area contributed by atoms with Crippen LogP contribution in [0, 0.1) is 17.0 Å². The molecule has 0 atom stereocenters. The quantitative estimate of drug-likeness (QED) is 0.658. The lowest BCUT2D eigenvalue weighted by Gasteiger charge is -2.04. The predicted molar refractivity (Wildman–Crippen MR) is 71.5 cm³/mol. The van der Waals surface area contributed by atoms with Gasteiger partial charge in [-0.3, -0.25) is 14.9 Å². The van der Waals surface area contributed by atoms with Crippen LogP contribution in [0.4, 0.5) is 11.4 Å². The van der Waals surface area contributed by atoms with Crippen LogP contribution in [0.5, 0.6) is 0 Å². The summed E-state index contributed by atoms with van der Waals surface area (Å²) < 4.78 is 4.85. The van der Waals surface area contributed by atoms with Gasteiger partial charge in [-0.05, 0) is 31.2 Å². The molecule has 1 aromatic carbocycles. The molecule has 0 spiro atoms. The summed E-state index contributed by atoms with van der Waals surface area (Å²) in [5.41, 5.74) is 0.680. The Kier molecular flexibility index (Phi) is 3.70. The number of rotatable bonds is 4. The molecule has 0 fully saturated rings. The highest BCUT2D eigenvalue weighted by molar-refractivity contribution is 6.03. The lowest BCUT2D eigenvalue weighted by Crippen LogP contribution is -2.11. The minimum absolute atomic E-state index is 0.0563. The molecule has 2 N–H and O–H groups in total. The van der Waals surface area contributed by atoms with Gasteiger partial charge in [-0.15, -0.1) is 0 Å². The second kappa shape index (κ2) is 5.45. The van der Waals surface area contributed by atoms with Crippen LogP contribution in [0.15, 0.2) is 34.7 Å². The molecule has 21 heavy (non-hydrogen) atoms. The summed E-state index contributed by atoms with van der Waals surface area (Å²) >= 11 is 0. The number of carboxylic acid groups (broad SMARTS) is 1. The van der Waals surface area contributed by atoms with Gasteiger partial charge in [0, 0.05) is 17.3 Å². The summed E-state index contributed by atoms with van der Waals surface area (Å²) in [7, 11) is 0. The molecule has 0 saturated carbocycles. The lowest BCUT2D eigenvalue weighted by atomic mass is 10.2. The van der Waals surface area contributed by atoms with E-state index in [0.29, 0.717) is 11.3 Å². The Morgan fingerprint density at radius 1 is 1.24 bits per heavy atom. The van der Waals surface area contributed by atoms with Crippen LogP contribution in [-0.2, 0) is 0 Å². The average molecular weight is 290 g/mol. The molecule has 0 aliphatic heterocycles. The number of furan rings is 1. The first-order valence-corrected chi connectivity index (χ1v) is 5.78. The number of benzene rings is 1. The number of carbonyl (C=O) groups is 2. The maximum Gasteiger partial charge on any atom is 0.371 e. The van der Waals surface area contributed by atoms with Crippen LogP contribution in [0.3, 0.4) is 0 Å². The highest BCUT2D eigenvalue weighted by Gasteiger charge is 2.16. The van der Waals surface area contributed by atoms with E-state index in [1.165, 1.54) is 30.3 Å². The Morgan fingerprint density at radius 3 is 2.43 bits per heavy atom. The Labute approximate surface area is 118 Å². The van der Waals surface area contributed by atoms with E-state index in [0.717, 1.165) is 0 Å². The van der Waals surface area contributed by atoms with Gasteiger partial charge in [-0.25, -0.2) is 4.79 Å². The number of nitro benzene ring substituents is 1. The number of carbonyl (C=O) groups excluding carboxylic acids is 1. The van der Waals surface area contributed by atoms with Gasteiger partial charge in [0.25, 0.3) is 11.6 Å². The Morgan fingerprint density at radius 2 is 1.90 bits per heavy atom. The summed E-state index contributed by atoms with van der Waals surface area (Å²) in [6.07, 6.45) is 0. The molecule has 1 aromatic heterocycles. The largest absolute Gasteiger partial charge is 0.475 e. The van der Waals surface area contributed by atoms with E-state index in [9.17, 15) is 19.7 Å². The zero-order valence-electron chi connectivity index (χ0n) is 10.8. The van der Waals surface area contributed by atoms with Crippen molar-refractivity contribution in [3.63, 3.8) is 0 Å². The lowest BCUT2D eigenvalue weighted by molar-refractivity contribution is -0.385. The van der Waals surface area contributed by atoms with Crippen molar-refractivity contribution in [3.05, 3.63) is 57.5 Å². The minimum atomic E-state index is -1.28. The topological polar surface area (TPSA) is 123 Å². The van der Waals surface area contributed by atoms with E-state index in [1.807, 2.05) is 0 Å². The third-order valence-corrected chi connectivity index (χ3v) is 2.69. The van der Waals surface area contributed by atoms with Crippen molar-refractivity contribution in [2.24, 2.45) is 0 Å². The molecule has 0 unspecified atom stereocenters. The second-order valence-corrected chi connectivity index (χ2v) is 4.18. The van der Waals surface area contributed by atoms with E-state index in [-0.39, 0.29) is 17.2 Å². The van der Waals surface area contributed by atoms with E-state index in [2.05, 4.69) is 5.32 Å². The second-order valence-electron chi connectivity index (χ2n) is 4.18. The summed E-state index contributed by atoms with van der Waals surface area (Å²) in [5.74, 6) is -2.43. The molecule has 0 radical (unpaired) electrons. The van der Waals surface area contributed by atoms with Gasteiger partial charge in [0.05, 0.1) is 4.92 Å². The number of nitrogens with one attached hydrogen (secondary N) is 1. The fraction of sp³-hybridized carbons (Fsp3) is 0.0769. The van der Waals surface area contributed by atoms with Gasteiger partial charge >= 0.3 is 5.97 Å². The van der Waals surface area contributed by atoms with E-state index < -0.39 is 16.8 Å². The maximum absolute atomic E-state index is 11.8. The molecule has 1 heterocycles. The normalized spacial score (nSPS) is 10.1. The van der Waals surface area contributed by atoms with Crippen molar-refractivity contribution < 1.29 is 24.0 Å². The number of hydrogen-bond donors (Lipinski definition) is 2. The summed E-state index contributed by atoms with van der Waals surface area (Å²) in [5, 5.41) is 21.9. The molecule has 0 aliphatic rings. The Balaban J connectivity index is 2.17. The minimum Gasteiger partial charge on any atom is -0.475 e. The Hall–Kier alpha value is -3.16. The summed E-state index contributed by atoms with van der Waals surface area (Å²) in [6, 6.07) is 6.49. The monoisotopic (exact) mass is 290 g/mol. The van der Waals surface area contributed by atoms with Crippen molar-refractivity contribution >= 4 is 23.3 Å². The molecule has 108 valence electrons. The van der Waals surface area contributed by atoms with Crippen molar-refractivity contribution in [3.8, 4) is 0 Å². The molecular formula is C13H10N2O6. The number of aryl methyl sites for hydroxylation is 1. The van der Waals surface area contributed by atoms with Crippen LogP contribution < -0.4 is 5.32 Å². The fourth-order valence-corrected chi connectivity index (χ4v) is 1.71. The third kappa shape index (κ3) is 3.06. The number of hydrogen-bond acceptors (Lipinski definition) is 5. The van der Waals surface area contributed by atoms with E-state index in [1.54, 1.807) is 6.92 Å². The van der Waals surface area contributed by atoms with Crippen LogP contribution in [-0.4, -0.2) is 21.9 Å². The molecular weight excluding hydrogens is 280 g/mol.